The Labute approximate surface area is 187 Å². The fraction of sp³-hybridized carbons (Fsp3) is 0.375. The van der Waals surface area contributed by atoms with Gasteiger partial charge in [0.1, 0.15) is 0 Å². The molecule has 0 aromatic heterocycles. The third kappa shape index (κ3) is 5.51. The van der Waals surface area contributed by atoms with Gasteiger partial charge in [-0.25, -0.2) is 0 Å². The summed E-state index contributed by atoms with van der Waals surface area (Å²) in [4.78, 5) is 39.8. The van der Waals surface area contributed by atoms with Crippen LogP contribution < -0.4 is 5.32 Å². The monoisotopic (exact) mass is 439 g/mol. The molecule has 0 saturated carbocycles. The van der Waals surface area contributed by atoms with E-state index in [0.717, 1.165) is 43.1 Å². The number of hydrogen-bond acceptors (Lipinski definition) is 4. The summed E-state index contributed by atoms with van der Waals surface area (Å²) in [5, 5.41) is 3.88. The molecule has 0 unspecified atom stereocenters. The molecule has 7 heteroatoms. The highest BCUT2D eigenvalue weighted by molar-refractivity contribution is 6.30. The Hall–Kier alpha value is -2.70. The number of benzene rings is 2. The molecule has 0 atom stereocenters. The molecule has 1 N–H and O–H groups in total. The molecule has 4 rings (SSSR count). The maximum Gasteiger partial charge on any atom is 0.251 e. The van der Waals surface area contributed by atoms with Crippen LogP contribution in [0.5, 0.6) is 0 Å². The third-order valence-corrected chi connectivity index (χ3v) is 6.21. The van der Waals surface area contributed by atoms with Gasteiger partial charge in [0, 0.05) is 49.1 Å². The Morgan fingerprint density at radius 1 is 0.871 bits per heavy atom. The summed E-state index contributed by atoms with van der Waals surface area (Å²) in [6, 6.07) is 15.2. The maximum absolute atomic E-state index is 12.6. The van der Waals surface area contributed by atoms with E-state index in [0.29, 0.717) is 5.56 Å². The van der Waals surface area contributed by atoms with Gasteiger partial charge in [0.25, 0.3) is 5.91 Å². The molecule has 2 aromatic carbocycles. The van der Waals surface area contributed by atoms with Gasteiger partial charge in [0.15, 0.2) is 0 Å². The van der Waals surface area contributed by atoms with Gasteiger partial charge in [-0.05, 0) is 48.2 Å². The zero-order valence-electron chi connectivity index (χ0n) is 17.4. The van der Waals surface area contributed by atoms with Crippen molar-refractivity contribution in [1.29, 1.82) is 0 Å². The normalized spacial score (nSPS) is 17.9. The molecule has 2 fully saturated rings. The van der Waals surface area contributed by atoms with Crippen molar-refractivity contribution in [2.75, 3.05) is 13.1 Å². The quantitative estimate of drug-likeness (QED) is 0.700. The average Bonchev–Trinajstić information content (AvgIpc) is 3.09. The number of piperidine rings is 1. The van der Waals surface area contributed by atoms with Gasteiger partial charge in [0.2, 0.25) is 11.8 Å². The smallest absolute Gasteiger partial charge is 0.251 e. The number of carbonyl (C=O) groups is 3. The first-order valence-electron chi connectivity index (χ1n) is 10.7. The minimum atomic E-state index is -0.130. The van der Waals surface area contributed by atoms with Gasteiger partial charge in [-0.15, -0.1) is 0 Å². The second-order valence-electron chi connectivity index (χ2n) is 8.22. The number of rotatable bonds is 6. The van der Waals surface area contributed by atoms with Crippen LogP contribution in [0.15, 0.2) is 48.5 Å². The molecular weight excluding hydrogens is 414 g/mol. The molecule has 0 spiro atoms. The van der Waals surface area contributed by atoms with Crippen molar-refractivity contribution >= 4 is 29.3 Å². The Balaban J connectivity index is 1.24. The minimum Gasteiger partial charge on any atom is -0.349 e. The number of imide groups is 1. The predicted octanol–water partition coefficient (Wildman–Crippen LogP) is 3.38. The number of nitrogens with one attached hydrogen (secondary N) is 1. The molecule has 2 heterocycles. The molecule has 2 saturated heterocycles. The first kappa shape index (κ1) is 21.5. The number of nitrogens with zero attached hydrogens (tertiary/aromatic N) is 2. The summed E-state index contributed by atoms with van der Waals surface area (Å²) in [6.45, 7) is 3.03. The van der Waals surface area contributed by atoms with Crippen LogP contribution in [0.2, 0.25) is 5.02 Å². The van der Waals surface area contributed by atoms with Crippen molar-refractivity contribution in [3.8, 4) is 0 Å². The summed E-state index contributed by atoms with van der Waals surface area (Å²) >= 11 is 5.95. The maximum atomic E-state index is 12.6. The molecule has 0 bridgehead atoms. The van der Waals surface area contributed by atoms with Crippen LogP contribution in [0.25, 0.3) is 0 Å². The number of hydrogen-bond donors (Lipinski definition) is 1. The van der Waals surface area contributed by atoms with Crippen molar-refractivity contribution in [3.05, 3.63) is 70.2 Å². The van der Waals surface area contributed by atoms with Crippen LogP contribution in [0.4, 0.5) is 0 Å². The predicted molar refractivity (Wildman–Crippen MR) is 118 cm³/mol. The lowest BCUT2D eigenvalue weighted by atomic mass is 10.0. The third-order valence-electron chi connectivity index (χ3n) is 5.95. The summed E-state index contributed by atoms with van der Waals surface area (Å²) in [7, 11) is 0. The Kier molecular flexibility index (Phi) is 6.68. The van der Waals surface area contributed by atoms with Crippen LogP contribution in [0.3, 0.4) is 0 Å². The van der Waals surface area contributed by atoms with Crippen LogP contribution in [0, 0.1) is 0 Å². The number of amides is 3. The highest BCUT2D eigenvalue weighted by atomic mass is 35.5. The van der Waals surface area contributed by atoms with Crippen molar-refractivity contribution in [2.24, 2.45) is 0 Å². The molecule has 3 amide bonds. The van der Waals surface area contributed by atoms with Gasteiger partial charge in [-0.3, -0.25) is 24.2 Å². The molecule has 2 aliphatic heterocycles. The highest BCUT2D eigenvalue weighted by Gasteiger charge is 2.28. The molecule has 0 radical (unpaired) electrons. The molecular formula is C24H26ClN3O3. The van der Waals surface area contributed by atoms with Crippen LogP contribution in [0.1, 0.15) is 47.2 Å². The first-order valence-corrected chi connectivity index (χ1v) is 11.1. The van der Waals surface area contributed by atoms with E-state index < -0.39 is 0 Å². The highest BCUT2D eigenvalue weighted by Crippen LogP contribution is 2.18. The molecule has 2 aliphatic rings. The fourth-order valence-electron chi connectivity index (χ4n) is 4.10. The van der Waals surface area contributed by atoms with E-state index in [1.165, 1.54) is 10.5 Å². The molecule has 0 aliphatic carbocycles. The first-order chi connectivity index (χ1) is 15.0. The van der Waals surface area contributed by atoms with Crippen LogP contribution in [-0.4, -0.2) is 46.7 Å². The van der Waals surface area contributed by atoms with Gasteiger partial charge in [-0.1, -0.05) is 35.9 Å². The standard InChI is InChI=1S/C24H26ClN3O3/c25-20-7-3-17(4-8-20)15-27-13-11-21(12-14-27)26-24(31)19-5-1-18(2-6-19)16-28-22(29)9-10-23(28)30/h1-8,21H,9-16H2,(H,26,31). The topological polar surface area (TPSA) is 69.7 Å². The fourth-order valence-corrected chi connectivity index (χ4v) is 4.22. The van der Waals surface area contributed by atoms with Crippen LogP contribution in [-0.2, 0) is 22.7 Å². The molecule has 6 nitrogen and oxygen atoms in total. The second-order valence-corrected chi connectivity index (χ2v) is 8.66. The van der Waals surface area contributed by atoms with Gasteiger partial charge < -0.3 is 5.32 Å². The van der Waals surface area contributed by atoms with Gasteiger partial charge >= 0.3 is 0 Å². The van der Waals surface area contributed by atoms with Gasteiger partial charge in [0.05, 0.1) is 6.54 Å². The van der Waals surface area contributed by atoms with Crippen molar-refractivity contribution in [2.45, 2.75) is 44.8 Å². The minimum absolute atomic E-state index is 0.0870. The Morgan fingerprint density at radius 2 is 1.42 bits per heavy atom. The second kappa shape index (κ2) is 9.62. The lowest BCUT2D eigenvalue weighted by Crippen LogP contribution is -2.44. The Bertz CT molecular complexity index is 935. The number of carbonyl (C=O) groups excluding carboxylic acids is 3. The van der Waals surface area contributed by atoms with Crippen molar-refractivity contribution in [3.63, 3.8) is 0 Å². The van der Waals surface area contributed by atoms with Crippen LogP contribution >= 0.6 is 11.6 Å². The SMILES string of the molecule is O=C(NC1CCN(Cc2ccc(Cl)cc2)CC1)c1ccc(CN2C(=O)CCC2=O)cc1. The zero-order chi connectivity index (χ0) is 21.8. The molecule has 162 valence electrons. The van der Waals surface area contributed by atoms with Crippen molar-refractivity contribution in [1.82, 2.24) is 15.1 Å². The summed E-state index contributed by atoms with van der Waals surface area (Å²) in [6.07, 6.45) is 2.41. The van der Waals surface area contributed by atoms with E-state index >= 15 is 0 Å². The summed E-state index contributed by atoms with van der Waals surface area (Å²) in [5.74, 6) is -0.348. The van der Waals surface area contributed by atoms with Crippen molar-refractivity contribution < 1.29 is 14.4 Å². The lowest BCUT2D eigenvalue weighted by Gasteiger charge is -2.32. The molecule has 31 heavy (non-hydrogen) atoms. The van der Waals surface area contributed by atoms with E-state index in [1.54, 1.807) is 12.1 Å². The lowest BCUT2D eigenvalue weighted by molar-refractivity contribution is -0.139. The number of halogens is 1. The largest absolute Gasteiger partial charge is 0.349 e. The van der Waals surface area contributed by atoms with Gasteiger partial charge in [-0.2, -0.15) is 0 Å². The van der Waals surface area contributed by atoms with E-state index in [-0.39, 0.29) is 43.1 Å². The zero-order valence-corrected chi connectivity index (χ0v) is 18.1. The molecule has 2 aromatic rings. The van der Waals surface area contributed by atoms with E-state index in [2.05, 4.69) is 22.3 Å². The van der Waals surface area contributed by atoms with E-state index in [9.17, 15) is 14.4 Å². The van der Waals surface area contributed by atoms with E-state index in [1.807, 2.05) is 24.3 Å². The van der Waals surface area contributed by atoms with E-state index in [4.69, 9.17) is 11.6 Å². The average molecular weight is 440 g/mol. The Morgan fingerprint density at radius 3 is 2.03 bits per heavy atom. The number of likely N-dealkylation sites (tertiary alicyclic amines) is 2. The summed E-state index contributed by atoms with van der Waals surface area (Å²) < 4.78 is 0. The summed E-state index contributed by atoms with van der Waals surface area (Å²) in [5.41, 5.74) is 2.67.